The summed E-state index contributed by atoms with van der Waals surface area (Å²) in [4.78, 5) is 12.3. The summed E-state index contributed by atoms with van der Waals surface area (Å²) in [6.45, 7) is 2.35. The Kier molecular flexibility index (Phi) is 4.90. The van der Waals surface area contributed by atoms with Crippen molar-refractivity contribution < 1.29 is 9.90 Å². The van der Waals surface area contributed by atoms with Crippen molar-refractivity contribution in [2.45, 2.75) is 19.8 Å². The molecule has 0 aromatic heterocycles. The van der Waals surface area contributed by atoms with Crippen molar-refractivity contribution in [3.63, 3.8) is 0 Å². The molecular weight excluding hydrogens is 263 g/mol. The number of benzene rings is 1. The van der Waals surface area contributed by atoms with E-state index in [0.29, 0.717) is 17.3 Å². The van der Waals surface area contributed by atoms with Crippen LogP contribution in [0.25, 0.3) is 0 Å². The van der Waals surface area contributed by atoms with E-state index < -0.39 is 6.09 Å². The molecule has 0 radical (unpaired) electrons. The molecule has 17 heavy (non-hydrogen) atoms. The topological polar surface area (TPSA) is 66.6 Å². The van der Waals surface area contributed by atoms with Gasteiger partial charge in [-0.2, -0.15) is 0 Å². The lowest BCUT2D eigenvalue weighted by Crippen LogP contribution is -2.31. The highest BCUT2D eigenvalue weighted by molar-refractivity contribution is 6.37. The summed E-state index contributed by atoms with van der Waals surface area (Å²) in [5.74, 6) is 0. The third kappa shape index (κ3) is 3.41. The Labute approximate surface area is 110 Å². The maximum atomic E-state index is 11.2. The standard InChI is InChI=1S/C11H14Cl2N2O2/c1-2-3-4-15(11(16)17)9-6-7(12)5-8(13)10(9)14/h5-6H,2-4,14H2,1H3,(H,16,17). The van der Waals surface area contributed by atoms with Crippen LogP contribution in [-0.4, -0.2) is 17.7 Å². The molecule has 0 aliphatic heterocycles. The molecule has 1 rings (SSSR count). The number of nitrogens with two attached hydrogens (primary N) is 1. The SMILES string of the molecule is CCCCN(C(=O)O)c1cc(Cl)cc(Cl)c1N. The largest absolute Gasteiger partial charge is 0.465 e. The maximum absolute atomic E-state index is 11.2. The minimum Gasteiger partial charge on any atom is -0.465 e. The number of nitrogen functional groups attached to an aromatic ring is 1. The number of nitrogens with zero attached hydrogens (tertiary/aromatic N) is 1. The smallest absolute Gasteiger partial charge is 0.411 e. The zero-order valence-corrected chi connectivity index (χ0v) is 10.9. The molecule has 0 saturated carbocycles. The van der Waals surface area contributed by atoms with Gasteiger partial charge in [-0.05, 0) is 18.6 Å². The number of unbranched alkanes of at least 4 members (excludes halogenated alkanes) is 1. The molecule has 6 heteroatoms. The summed E-state index contributed by atoms with van der Waals surface area (Å²) in [7, 11) is 0. The van der Waals surface area contributed by atoms with Crippen molar-refractivity contribution in [3.05, 3.63) is 22.2 Å². The van der Waals surface area contributed by atoms with Crippen LogP contribution in [0.1, 0.15) is 19.8 Å². The lowest BCUT2D eigenvalue weighted by atomic mass is 10.2. The van der Waals surface area contributed by atoms with Crippen molar-refractivity contribution in [2.24, 2.45) is 0 Å². The van der Waals surface area contributed by atoms with Gasteiger partial charge in [-0.25, -0.2) is 4.79 Å². The Morgan fingerprint density at radius 3 is 2.65 bits per heavy atom. The number of anilines is 2. The molecular formula is C11H14Cl2N2O2. The van der Waals surface area contributed by atoms with E-state index in [9.17, 15) is 4.79 Å². The number of rotatable bonds is 4. The highest BCUT2D eigenvalue weighted by Crippen LogP contribution is 2.34. The molecule has 0 aliphatic carbocycles. The van der Waals surface area contributed by atoms with Crippen molar-refractivity contribution in [1.82, 2.24) is 0 Å². The zero-order chi connectivity index (χ0) is 13.0. The van der Waals surface area contributed by atoms with Crippen LogP contribution in [0.5, 0.6) is 0 Å². The van der Waals surface area contributed by atoms with Crippen LogP contribution in [-0.2, 0) is 0 Å². The highest BCUT2D eigenvalue weighted by Gasteiger charge is 2.18. The Balaban J connectivity index is 3.13. The van der Waals surface area contributed by atoms with Gasteiger partial charge < -0.3 is 10.8 Å². The second kappa shape index (κ2) is 5.98. The van der Waals surface area contributed by atoms with E-state index in [1.807, 2.05) is 6.92 Å². The minimum absolute atomic E-state index is 0.231. The molecule has 0 aliphatic rings. The zero-order valence-electron chi connectivity index (χ0n) is 9.41. The van der Waals surface area contributed by atoms with Gasteiger partial charge in [0.2, 0.25) is 0 Å². The third-order valence-corrected chi connectivity index (χ3v) is 2.86. The summed E-state index contributed by atoms with van der Waals surface area (Å²) in [5.41, 5.74) is 6.33. The molecule has 1 aromatic rings. The molecule has 1 aromatic carbocycles. The van der Waals surface area contributed by atoms with E-state index in [1.165, 1.54) is 12.1 Å². The van der Waals surface area contributed by atoms with Gasteiger partial charge in [0.1, 0.15) is 0 Å². The second-order valence-corrected chi connectivity index (χ2v) is 4.45. The highest BCUT2D eigenvalue weighted by atomic mass is 35.5. The number of carbonyl (C=O) groups is 1. The van der Waals surface area contributed by atoms with E-state index in [-0.39, 0.29) is 10.7 Å². The summed E-state index contributed by atoms with van der Waals surface area (Å²) >= 11 is 11.7. The molecule has 1 amide bonds. The van der Waals surface area contributed by atoms with Gasteiger partial charge >= 0.3 is 6.09 Å². The predicted octanol–water partition coefficient (Wildman–Crippen LogP) is 3.86. The third-order valence-electron chi connectivity index (χ3n) is 2.33. The van der Waals surface area contributed by atoms with Crippen LogP contribution in [0, 0.1) is 0 Å². The predicted molar refractivity (Wildman–Crippen MR) is 71.2 cm³/mol. The second-order valence-electron chi connectivity index (χ2n) is 3.61. The van der Waals surface area contributed by atoms with E-state index in [2.05, 4.69) is 0 Å². The van der Waals surface area contributed by atoms with Crippen LogP contribution < -0.4 is 10.6 Å². The first kappa shape index (κ1) is 13.9. The van der Waals surface area contributed by atoms with Gasteiger partial charge in [-0.3, -0.25) is 4.90 Å². The molecule has 0 unspecified atom stereocenters. The molecule has 4 nitrogen and oxygen atoms in total. The van der Waals surface area contributed by atoms with Gasteiger partial charge in [0.25, 0.3) is 0 Å². The number of hydrogen-bond acceptors (Lipinski definition) is 2. The average molecular weight is 277 g/mol. The Hall–Kier alpha value is -1.13. The minimum atomic E-state index is -1.07. The number of hydrogen-bond donors (Lipinski definition) is 2. The molecule has 94 valence electrons. The molecule has 0 fully saturated rings. The van der Waals surface area contributed by atoms with Crippen molar-refractivity contribution >= 4 is 40.7 Å². The first-order valence-corrected chi connectivity index (χ1v) is 5.98. The molecule has 0 atom stereocenters. The van der Waals surface area contributed by atoms with Gasteiger partial charge in [-0.15, -0.1) is 0 Å². The Morgan fingerprint density at radius 2 is 2.12 bits per heavy atom. The van der Waals surface area contributed by atoms with Gasteiger partial charge in [0.05, 0.1) is 16.4 Å². The summed E-state index contributed by atoms with van der Waals surface area (Å²) < 4.78 is 0. The fourth-order valence-electron chi connectivity index (χ4n) is 1.43. The van der Waals surface area contributed by atoms with Crippen LogP contribution >= 0.6 is 23.2 Å². The van der Waals surface area contributed by atoms with Gasteiger partial charge in [-0.1, -0.05) is 36.5 Å². The number of carboxylic acid groups (broad SMARTS) is 1. The molecule has 0 heterocycles. The van der Waals surface area contributed by atoms with Crippen molar-refractivity contribution in [1.29, 1.82) is 0 Å². The first-order valence-electron chi connectivity index (χ1n) is 5.22. The van der Waals surface area contributed by atoms with Crippen LogP contribution in [0.3, 0.4) is 0 Å². The lowest BCUT2D eigenvalue weighted by molar-refractivity contribution is 0.201. The number of amides is 1. The van der Waals surface area contributed by atoms with E-state index in [4.69, 9.17) is 34.0 Å². The summed E-state index contributed by atoms with van der Waals surface area (Å²) in [5, 5.41) is 9.77. The quantitative estimate of drug-likeness (QED) is 0.821. The molecule has 0 saturated heterocycles. The fraction of sp³-hybridized carbons (Fsp3) is 0.364. The maximum Gasteiger partial charge on any atom is 0.411 e. The van der Waals surface area contributed by atoms with Crippen LogP contribution in [0.2, 0.25) is 10.0 Å². The van der Waals surface area contributed by atoms with Crippen molar-refractivity contribution in [3.8, 4) is 0 Å². The van der Waals surface area contributed by atoms with Crippen LogP contribution in [0.4, 0.5) is 16.2 Å². The summed E-state index contributed by atoms with van der Waals surface area (Å²) in [6, 6.07) is 2.99. The summed E-state index contributed by atoms with van der Waals surface area (Å²) in [6.07, 6.45) is 0.567. The Bertz CT molecular complexity index is 424. The van der Waals surface area contributed by atoms with Gasteiger partial charge in [0.15, 0.2) is 0 Å². The monoisotopic (exact) mass is 276 g/mol. The molecule has 3 N–H and O–H groups in total. The van der Waals surface area contributed by atoms with Gasteiger partial charge in [0, 0.05) is 11.6 Å². The van der Waals surface area contributed by atoms with E-state index in [1.54, 1.807) is 0 Å². The van der Waals surface area contributed by atoms with E-state index >= 15 is 0 Å². The normalized spacial score (nSPS) is 10.3. The van der Waals surface area contributed by atoms with E-state index in [0.717, 1.165) is 17.7 Å². The van der Waals surface area contributed by atoms with Crippen LogP contribution in [0.15, 0.2) is 12.1 Å². The lowest BCUT2D eigenvalue weighted by Gasteiger charge is -2.21. The first-order chi connectivity index (χ1) is 7.97. The molecule has 0 bridgehead atoms. The Morgan fingerprint density at radius 1 is 1.47 bits per heavy atom. The number of halogens is 2. The fourth-order valence-corrected chi connectivity index (χ4v) is 1.91. The average Bonchev–Trinajstić information content (AvgIpc) is 2.24. The van der Waals surface area contributed by atoms with Crippen molar-refractivity contribution in [2.75, 3.05) is 17.2 Å². The molecule has 0 spiro atoms.